The van der Waals surface area contributed by atoms with Crippen molar-refractivity contribution in [2.75, 3.05) is 0 Å². The molecule has 0 aliphatic carbocycles. The predicted octanol–water partition coefficient (Wildman–Crippen LogP) is 3.79. The van der Waals surface area contributed by atoms with Gasteiger partial charge in [0.1, 0.15) is 5.75 Å². The number of nitrogens with one attached hydrogen (secondary N) is 1. The molecular weight excluding hydrogens is 232 g/mol. The average Bonchev–Trinajstić information content (AvgIpc) is 1.94. The maximum absolute atomic E-state index is 7.07. The quantitative estimate of drug-likeness (QED) is 0.588. The number of ether oxygens (including phenoxy) is 1. The molecule has 1 N–H and O–H groups in total. The monoisotopic (exact) mass is 239 g/mol. The normalized spacial score (nSPS) is 8.85. The van der Waals surface area contributed by atoms with Crippen LogP contribution >= 0.6 is 35.6 Å². The maximum Gasteiger partial charge on any atom is 0.184 e. The molecule has 0 radical (unpaired) electrons. The molecule has 1 aromatic carbocycles. The van der Waals surface area contributed by atoms with Crippen molar-refractivity contribution in [3.63, 3.8) is 0 Å². The third-order valence-electron chi connectivity index (χ3n) is 1.16. The molecule has 0 aliphatic heterocycles. The van der Waals surface area contributed by atoms with Crippen molar-refractivity contribution in [2.45, 2.75) is 6.92 Å². The number of benzene rings is 1. The topological polar surface area (TPSA) is 33.1 Å². The van der Waals surface area contributed by atoms with Crippen molar-refractivity contribution in [2.24, 2.45) is 0 Å². The van der Waals surface area contributed by atoms with Crippen LogP contribution in [0.1, 0.15) is 6.92 Å². The van der Waals surface area contributed by atoms with Gasteiger partial charge in [0, 0.05) is 11.9 Å². The first kappa shape index (κ1) is 12.6. The molecule has 13 heavy (non-hydrogen) atoms. The van der Waals surface area contributed by atoms with Crippen LogP contribution in [0, 0.1) is 5.41 Å². The van der Waals surface area contributed by atoms with Crippen molar-refractivity contribution < 1.29 is 4.74 Å². The Balaban J connectivity index is 0.00000144. The highest BCUT2D eigenvalue weighted by Gasteiger charge is 2.02. The van der Waals surface area contributed by atoms with Crippen LogP contribution in [-0.4, -0.2) is 5.90 Å². The lowest BCUT2D eigenvalue weighted by molar-refractivity contribution is 0.542. The summed E-state index contributed by atoms with van der Waals surface area (Å²) in [6.07, 6.45) is 0. The van der Waals surface area contributed by atoms with Crippen LogP contribution in [0.25, 0.3) is 0 Å². The summed E-state index contributed by atoms with van der Waals surface area (Å²) in [7, 11) is 0. The Kier molecular flexibility index (Phi) is 5.14. The van der Waals surface area contributed by atoms with Gasteiger partial charge in [0.05, 0.1) is 5.02 Å². The summed E-state index contributed by atoms with van der Waals surface area (Å²) >= 11 is 11.4. The molecule has 0 aliphatic rings. The lowest BCUT2D eigenvalue weighted by Gasteiger charge is -2.04. The summed E-state index contributed by atoms with van der Waals surface area (Å²) in [6, 6.07) is 4.86. The molecule has 0 saturated carbocycles. The van der Waals surface area contributed by atoms with Gasteiger partial charge in [-0.05, 0) is 18.2 Å². The highest BCUT2D eigenvalue weighted by Crippen LogP contribution is 2.27. The summed E-state index contributed by atoms with van der Waals surface area (Å²) in [5.74, 6) is 0.549. The van der Waals surface area contributed by atoms with Gasteiger partial charge in [-0.25, -0.2) is 0 Å². The van der Waals surface area contributed by atoms with E-state index >= 15 is 0 Å². The maximum atomic E-state index is 7.07. The molecule has 0 unspecified atom stereocenters. The SMILES string of the molecule is CC(=N)Oc1ccc(Cl)cc1Cl.Cl. The molecule has 0 atom stereocenters. The zero-order chi connectivity index (χ0) is 9.14. The van der Waals surface area contributed by atoms with Crippen molar-refractivity contribution >= 4 is 41.5 Å². The molecule has 5 heteroatoms. The van der Waals surface area contributed by atoms with E-state index in [1.165, 1.54) is 6.92 Å². The zero-order valence-electron chi connectivity index (χ0n) is 6.80. The molecule has 72 valence electrons. The zero-order valence-corrected chi connectivity index (χ0v) is 9.13. The molecule has 0 aromatic heterocycles. The van der Waals surface area contributed by atoms with Gasteiger partial charge in [-0.15, -0.1) is 12.4 Å². The standard InChI is InChI=1S/C8H7Cl2NO.ClH/c1-5(11)12-8-3-2-6(9)4-7(8)10;/h2-4,11H,1H3;1H. The van der Waals surface area contributed by atoms with E-state index in [2.05, 4.69) is 0 Å². The van der Waals surface area contributed by atoms with E-state index in [1.807, 2.05) is 0 Å². The Morgan fingerprint density at radius 1 is 1.38 bits per heavy atom. The van der Waals surface area contributed by atoms with Gasteiger partial charge in [0.2, 0.25) is 0 Å². The van der Waals surface area contributed by atoms with Crippen LogP contribution in [0.15, 0.2) is 18.2 Å². The smallest absolute Gasteiger partial charge is 0.184 e. The fraction of sp³-hybridized carbons (Fsp3) is 0.125. The van der Waals surface area contributed by atoms with Gasteiger partial charge in [0.15, 0.2) is 5.90 Å². The summed E-state index contributed by atoms with van der Waals surface area (Å²) in [4.78, 5) is 0. The lowest BCUT2D eigenvalue weighted by atomic mass is 10.3. The Hall–Kier alpha value is -0.440. The van der Waals surface area contributed by atoms with Gasteiger partial charge in [-0.2, -0.15) is 0 Å². The van der Waals surface area contributed by atoms with Crippen LogP contribution in [0.5, 0.6) is 5.75 Å². The highest BCUT2D eigenvalue weighted by molar-refractivity contribution is 6.35. The van der Waals surface area contributed by atoms with Crippen molar-refractivity contribution in [3.8, 4) is 5.75 Å². The van der Waals surface area contributed by atoms with Gasteiger partial charge in [-0.3, -0.25) is 5.41 Å². The van der Waals surface area contributed by atoms with Crippen molar-refractivity contribution in [1.82, 2.24) is 0 Å². The Morgan fingerprint density at radius 3 is 2.46 bits per heavy atom. The fourth-order valence-electron chi connectivity index (χ4n) is 0.723. The molecule has 0 saturated heterocycles. The second kappa shape index (κ2) is 5.32. The summed E-state index contributed by atoms with van der Waals surface area (Å²) in [5.41, 5.74) is 0. The van der Waals surface area contributed by atoms with E-state index in [4.69, 9.17) is 33.3 Å². The molecule has 2 nitrogen and oxygen atoms in total. The Morgan fingerprint density at radius 2 is 2.00 bits per heavy atom. The average molecular weight is 241 g/mol. The Bertz CT molecular complexity index is 314. The second-order valence-corrected chi connectivity index (χ2v) is 3.08. The van der Waals surface area contributed by atoms with E-state index in [1.54, 1.807) is 18.2 Å². The van der Waals surface area contributed by atoms with Gasteiger partial charge in [-0.1, -0.05) is 23.2 Å². The third-order valence-corrected chi connectivity index (χ3v) is 1.69. The van der Waals surface area contributed by atoms with Crippen molar-refractivity contribution in [3.05, 3.63) is 28.2 Å². The van der Waals surface area contributed by atoms with Gasteiger partial charge < -0.3 is 4.74 Å². The Labute approximate surface area is 92.7 Å². The molecule has 1 aromatic rings. The minimum absolute atomic E-state index is 0. The lowest BCUT2D eigenvalue weighted by Crippen LogP contribution is -2.00. The van der Waals surface area contributed by atoms with Gasteiger partial charge in [0.25, 0.3) is 0 Å². The first-order valence-corrected chi connectivity index (χ1v) is 4.03. The van der Waals surface area contributed by atoms with Crippen LogP contribution < -0.4 is 4.74 Å². The first-order valence-electron chi connectivity index (χ1n) is 3.27. The second-order valence-electron chi connectivity index (χ2n) is 2.23. The van der Waals surface area contributed by atoms with Crippen LogP contribution in [-0.2, 0) is 0 Å². The molecule has 0 amide bonds. The summed E-state index contributed by atoms with van der Waals surface area (Å²) in [6.45, 7) is 1.53. The predicted molar refractivity (Wildman–Crippen MR) is 57.7 cm³/mol. The largest absolute Gasteiger partial charge is 0.442 e. The number of rotatable bonds is 1. The van der Waals surface area contributed by atoms with E-state index < -0.39 is 0 Å². The first-order chi connectivity index (χ1) is 5.59. The molecule has 0 fully saturated rings. The third kappa shape index (κ3) is 3.85. The summed E-state index contributed by atoms with van der Waals surface area (Å²) < 4.78 is 4.99. The van der Waals surface area contributed by atoms with Crippen LogP contribution in [0.4, 0.5) is 0 Å². The number of hydrogen-bond donors (Lipinski definition) is 1. The molecule has 1 rings (SSSR count). The molecule has 0 heterocycles. The van der Waals surface area contributed by atoms with E-state index in [0.29, 0.717) is 15.8 Å². The number of hydrogen-bond acceptors (Lipinski definition) is 2. The van der Waals surface area contributed by atoms with E-state index in [0.717, 1.165) is 0 Å². The van der Waals surface area contributed by atoms with E-state index in [-0.39, 0.29) is 18.3 Å². The minimum atomic E-state index is 0. The number of halogens is 3. The van der Waals surface area contributed by atoms with Crippen LogP contribution in [0.3, 0.4) is 0 Å². The van der Waals surface area contributed by atoms with Gasteiger partial charge >= 0.3 is 0 Å². The molecule has 0 spiro atoms. The minimum Gasteiger partial charge on any atom is -0.442 e. The van der Waals surface area contributed by atoms with E-state index in [9.17, 15) is 0 Å². The fourth-order valence-corrected chi connectivity index (χ4v) is 1.17. The molecule has 0 bridgehead atoms. The van der Waals surface area contributed by atoms with Crippen molar-refractivity contribution in [1.29, 1.82) is 5.41 Å². The molecular formula is C8H8Cl3NO. The van der Waals surface area contributed by atoms with Crippen LogP contribution in [0.2, 0.25) is 10.0 Å². The highest BCUT2D eigenvalue weighted by atomic mass is 35.5. The summed E-state index contributed by atoms with van der Waals surface area (Å²) in [5, 5.41) is 8.03.